The average Bonchev–Trinajstić information content (AvgIpc) is 2.14. The van der Waals surface area contributed by atoms with Crippen LogP contribution in [-0.4, -0.2) is 4.98 Å². The van der Waals surface area contributed by atoms with E-state index < -0.39 is 0 Å². The maximum Gasteiger partial charge on any atom is 0.265 e. The van der Waals surface area contributed by atoms with Gasteiger partial charge in [-0.2, -0.15) is 0 Å². The Kier molecular flexibility index (Phi) is 2.41. The van der Waals surface area contributed by atoms with Crippen LogP contribution >= 0.6 is 27.3 Å². The normalized spacial score (nSPS) is 9.30. The molecule has 0 bridgehead atoms. The fourth-order valence-corrected chi connectivity index (χ4v) is 1.89. The zero-order valence-electron chi connectivity index (χ0n) is 5.39. The minimum absolute atomic E-state index is 0.400. The Morgan fingerprint density at radius 3 is 2.90 bits per heavy atom. The number of aromatic nitrogens is 1. The summed E-state index contributed by atoms with van der Waals surface area (Å²) >= 11 is 4.85. The predicted molar refractivity (Wildman–Crippen MR) is 44.9 cm³/mol. The van der Waals surface area contributed by atoms with Gasteiger partial charge in [-0.05, 0) is 22.9 Å². The van der Waals surface area contributed by atoms with Crippen molar-refractivity contribution < 1.29 is 0 Å². The lowest BCUT2D eigenvalue weighted by atomic mass is 10.6. The molecule has 1 rings (SSSR count). The third-order valence-electron chi connectivity index (χ3n) is 0.999. The summed E-state index contributed by atoms with van der Waals surface area (Å²) in [4.78, 5) is 8.50. The fraction of sp³-hybridized carbons (Fsp3) is 0.333. The minimum Gasteiger partial charge on any atom is -0.309 e. The van der Waals surface area contributed by atoms with E-state index in [9.17, 15) is 0 Å². The SMILES string of the molecule is [C-]#[N+]Cc1nc(Br)c(C)s1. The van der Waals surface area contributed by atoms with Crippen molar-refractivity contribution in [3.63, 3.8) is 0 Å². The van der Waals surface area contributed by atoms with E-state index in [2.05, 4.69) is 25.8 Å². The van der Waals surface area contributed by atoms with Crippen molar-refractivity contribution in [3.8, 4) is 0 Å². The number of halogens is 1. The molecular weight excluding hydrogens is 212 g/mol. The summed E-state index contributed by atoms with van der Waals surface area (Å²) in [6.07, 6.45) is 0. The molecule has 1 aromatic rings. The number of thiazole rings is 1. The quantitative estimate of drug-likeness (QED) is 0.661. The van der Waals surface area contributed by atoms with Crippen LogP contribution in [0.5, 0.6) is 0 Å². The molecule has 0 atom stereocenters. The summed E-state index contributed by atoms with van der Waals surface area (Å²) in [6, 6.07) is 0. The van der Waals surface area contributed by atoms with Crippen LogP contribution in [0, 0.1) is 13.5 Å². The lowest BCUT2D eigenvalue weighted by Crippen LogP contribution is -1.73. The van der Waals surface area contributed by atoms with Gasteiger partial charge < -0.3 is 4.85 Å². The van der Waals surface area contributed by atoms with Crippen LogP contribution in [0.15, 0.2) is 4.60 Å². The van der Waals surface area contributed by atoms with Crippen molar-refractivity contribution in [2.24, 2.45) is 0 Å². The largest absolute Gasteiger partial charge is 0.309 e. The molecule has 0 aliphatic carbocycles. The third kappa shape index (κ3) is 1.55. The highest BCUT2D eigenvalue weighted by Crippen LogP contribution is 2.22. The van der Waals surface area contributed by atoms with Gasteiger partial charge >= 0.3 is 0 Å². The molecule has 1 aromatic heterocycles. The topological polar surface area (TPSA) is 17.2 Å². The molecule has 0 aromatic carbocycles. The van der Waals surface area contributed by atoms with E-state index >= 15 is 0 Å². The van der Waals surface area contributed by atoms with Crippen LogP contribution < -0.4 is 0 Å². The van der Waals surface area contributed by atoms with Crippen LogP contribution in [0.4, 0.5) is 0 Å². The molecule has 0 radical (unpaired) electrons. The predicted octanol–water partition coefficient (Wildman–Crippen LogP) is 2.63. The average molecular weight is 217 g/mol. The van der Waals surface area contributed by atoms with Crippen molar-refractivity contribution in [2.45, 2.75) is 13.5 Å². The van der Waals surface area contributed by atoms with E-state index in [1.807, 2.05) is 6.92 Å². The smallest absolute Gasteiger partial charge is 0.265 e. The second-order valence-corrected chi connectivity index (χ2v) is 3.81. The van der Waals surface area contributed by atoms with Gasteiger partial charge in [0.2, 0.25) is 0 Å². The zero-order chi connectivity index (χ0) is 7.56. The molecule has 0 spiro atoms. The maximum absolute atomic E-state index is 6.60. The maximum atomic E-state index is 6.60. The van der Waals surface area contributed by atoms with Gasteiger partial charge in [0.25, 0.3) is 6.54 Å². The summed E-state index contributed by atoms with van der Waals surface area (Å²) in [7, 11) is 0. The van der Waals surface area contributed by atoms with E-state index in [1.165, 1.54) is 0 Å². The molecular formula is C6H5BrN2S. The number of rotatable bonds is 1. The monoisotopic (exact) mass is 216 g/mol. The molecule has 0 saturated heterocycles. The zero-order valence-corrected chi connectivity index (χ0v) is 7.79. The van der Waals surface area contributed by atoms with Gasteiger partial charge in [-0.3, -0.25) is 0 Å². The van der Waals surface area contributed by atoms with E-state index in [-0.39, 0.29) is 0 Å². The number of aryl methyl sites for hydroxylation is 1. The van der Waals surface area contributed by atoms with Crippen molar-refractivity contribution in [2.75, 3.05) is 0 Å². The highest BCUT2D eigenvalue weighted by Gasteiger charge is 2.05. The molecule has 10 heavy (non-hydrogen) atoms. The molecule has 0 N–H and O–H groups in total. The molecule has 0 saturated carbocycles. The highest BCUT2D eigenvalue weighted by molar-refractivity contribution is 9.10. The summed E-state index contributed by atoms with van der Waals surface area (Å²) in [5.74, 6) is 0. The van der Waals surface area contributed by atoms with Gasteiger partial charge in [0.05, 0.1) is 0 Å². The lowest BCUT2D eigenvalue weighted by Gasteiger charge is -1.75. The first-order chi connectivity index (χ1) is 4.74. The third-order valence-corrected chi connectivity index (χ3v) is 2.99. The lowest BCUT2D eigenvalue weighted by molar-refractivity contribution is 1.16. The Morgan fingerprint density at radius 1 is 1.80 bits per heavy atom. The first kappa shape index (κ1) is 7.70. The molecule has 0 aliphatic heterocycles. The van der Waals surface area contributed by atoms with E-state index in [0.717, 1.165) is 14.5 Å². The molecule has 1 heterocycles. The molecule has 0 fully saturated rings. The van der Waals surface area contributed by atoms with Crippen molar-refractivity contribution in [3.05, 3.63) is 25.9 Å². The van der Waals surface area contributed by atoms with Gasteiger partial charge in [-0.25, -0.2) is 11.6 Å². The highest BCUT2D eigenvalue weighted by atomic mass is 79.9. The van der Waals surface area contributed by atoms with Gasteiger partial charge in [0, 0.05) is 4.88 Å². The molecule has 2 nitrogen and oxygen atoms in total. The summed E-state index contributed by atoms with van der Waals surface area (Å²) in [6.45, 7) is 8.98. The van der Waals surface area contributed by atoms with Crippen molar-refractivity contribution in [1.29, 1.82) is 0 Å². The second kappa shape index (κ2) is 3.13. The van der Waals surface area contributed by atoms with E-state index in [0.29, 0.717) is 6.54 Å². The van der Waals surface area contributed by atoms with Crippen LogP contribution in [0.1, 0.15) is 9.88 Å². The summed E-state index contributed by atoms with van der Waals surface area (Å²) in [5, 5.41) is 0.888. The Morgan fingerprint density at radius 2 is 2.50 bits per heavy atom. The standard InChI is InChI=1S/C6H5BrN2S/c1-4-6(7)9-5(10-4)3-8-2/h3H2,1H3. The molecule has 52 valence electrons. The number of hydrogen-bond acceptors (Lipinski definition) is 2. The summed E-state index contributed by atoms with van der Waals surface area (Å²) in [5.41, 5.74) is 0. The van der Waals surface area contributed by atoms with Crippen molar-refractivity contribution >= 4 is 27.3 Å². The van der Waals surface area contributed by atoms with Gasteiger partial charge in [-0.1, -0.05) is 0 Å². The van der Waals surface area contributed by atoms with Crippen LogP contribution in [0.2, 0.25) is 0 Å². The Labute approximate surface area is 71.9 Å². The van der Waals surface area contributed by atoms with Crippen molar-refractivity contribution in [1.82, 2.24) is 4.98 Å². The van der Waals surface area contributed by atoms with E-state index in [1.54, 1.807) is 11.3 Å². The molecule has 0 amide bonds. The Hall–Kier alpha value is -0.400. The summed E-state index contributed by atoms with van der Waals surface area (Å²) < 4.78 is 0.871. The number of hydrogen-bond donors (Lipinski definition) is 0. The second-order valence-electron chi connectivity index (χ2n) is 1.77. The Balaban J connectivity index is 2.90. The van der Waals surface area contributed by atoms with Gasteiger partial charge in [-0.15, -0.1) is 11.3 Å². The van der Waals surface area contributed by atoms with Crippen LogP contribution in [-0.2, 0) is 6.54 Å². The molecule has 0 aliphatic rings. The number of nitrogens with zero attached hydrogens (tertiary/aromatic N) is 2. The minimum atomic E-state index is 0.400. The van der Waals surface area contributed by atoms with Crippen LogP contribution in [0.3, 0.4) is 0 Å². The van der Waals surface area contributed by atoms with Crippen LogP contribution in [0.25, 0.3) is 4.85 Å². The first-order valence-corrected chi connectivity index (χ1v) is 4.30. The van der Waals surface area contributed by atoms with Gasteiger partial charge in [0.1, 0.15) is 4.60 Å². The fourth-order valence-electron chi connectivity index (χ4n) is 0.565. The van der Waals surface area contributed by atoms with E-state index in [4.69, 9.17) is 6.57 Å². The van der Waals surface area contributed by atoms with Gasteiger partial charge in [0.15, 0.2) is 5.01 Å². The molecule has 4 heteroatoms. The first-order valence-electron chi connectivity index (χ1n) is 2.69. The Bertz CT molecular complexity index is 254. The molecule has 0 unspecified atom stereocenters.